The minimum Gasteiger partial charge on any atom is -0.344 e. The molecule has 0 fully saturated rings. The van der Waals surface area contributed by atoms with E-state index in [9.17, 15) is 0 Å². The van der Waals surface area contributed by atoms with Crippen molar-refractivity contribution >= 4 is 23.5 Å². The van der Waals surface area contributed by atoms with Crippen LogP contribution in [0.4, 0.5) is 0 Å². The number of nitrogens with zero attached hydrogens (tertiary/aromatic N) is 1. The fourth-order valence-electron chi connectivity index (χ4n) is 0.727. The Morgan fingerprint density at radius 2 is 2.45 bits per heavy atom. The van der Waals surface area contributed by atoms with Gasteiger partial charge in [0, 0.05) is 18.5 Å². The second-order valence-corrected chi connectivity index (χ2v) is 4.25. The van der Waals surface area contributed by atoms with Crippen molar-refractivity contribution < 1.29 is 0 Å². The van der Waals surface area contributed by atoms with Crippen molar-refractivity contribution in [2.75, 3.05) is 18.2 Å². The van der Waals surface area contributed by atoms with Gasteiger partial charge in [-0.05, 0) is 5.41 Å². The Morgan fingerprint density at radius 1 is 1.64 bits per heavy atom. The summed E-state index contributed by atoms with van der Waals surface area (Å²) >= 11 is 3.45. The number of rotatable bonds is 4. The zero-order valence-electron chi connectivity index (χ0n) is 6.27. The maximum Gasteiger partial charge on any atom is 0.129 e. The molecule has 0 radical (unpaired) electrons. The second-order valence-electron chi connectivity index (χ2n) is 2.15. The van der Waals surface area contributed by atoms with Crippen molar-refractivity contribution in [3.63, 3.8) is 0 Å². The molecule has 4 N–H and O–H groups in total. The predicted octanol–water partition coefficient (Wildman–Crippen LogP) is 0.398. The van der Waals surface area contributed by atoms with E-state index in [1.165, 1.54) is 0 Å². The summed E-state index contributed by atoms with van der Waals surface area (Å²) in [6.45, 7) is 0.741. The van der Waals surface area contributed by atoms with Gasteiger partial charge in [-0.25, -0.2) is 0 Å². The lowest BCUT2D eigenvalue weighted by molar-refractivity contribution is 0.430. The summed E-state index contributed by atoms with van der Waals surface area (Å²) in [4.78, 5) is 2.10. The SMILES string of the molecule is NCCSCN1C=CSC1N. The van der Waals surface area contributed by atoms with Gasteiger partial charge < -0.3 is 16.4 Å². The third-order valence-corrected chi connectivity index (χ3v) is 3.13. The van der Waals surface area contributed by atoms with E-state index in [0.717, 1.165) is 18.2 Å². The van der Waals surface area contributed by atoms with Gasteiger partial charge >= 0.3 is 0 Å². The van der Waals surface area contributed by atoms with Crippen molar-refractivity contribution in [1.82, 2.24) is 4.90 Å². The zero-order chi connectivity index (χ0) is 8.10. The molecule has 0 aromatic carbocycles. The van der Waals surface area contributed by atoms with E-state index in [1.54, 1.807) is 11.8 Å². The summed E-state index contributed by atoms with van der Waals surface area (Å²) in [7, 11) is 0. The van der Waals surface area contributed by atoms with Crippen LogP contribution in [0.5, 0.6) is 0 Å². The van der Waals surface area contributed by atoms with Crippen LogP contribution in [0.3, 0.4) is 0 Å². The van der Waals surface area contributed by atoms with E-state index in [-0.39, 0.29) is 5.50 Å². The van der Waals surface area contributed by atoms with Gasteiger partial charge in [0.05, 0.1) is 5.88 Å². The second kappa shape index (κ2) is 4.92. The third-order valence-electron chi connectivity index (χ3n) is 1.30. The van der Waals surface area contributed by atoms with E-state index >= 15 is 0 Å². The molecule has 64 valence electrons. The van der Waals surface area contributed by atoms with Gasteiger partial charge in [0.2, 0.25) is 0 Å². The van der Waals surface area contributed by atoms with Gasteiger partial charge in [0.15, 0.2) is 0 Å². The van der Waals surface area contributed by atoms with E-state index in [1.807, 2.05) is 23.4 Å². The van der Waals surface area contributed by atoms with Crippen LogP contribution >= 0.6 is 23.5 Å². The maximum atomic E-state index is 5.74. The van der Waals surface area contributed by atoms with Crippen LogP contribution in [-0.2, 0) is 0 Å². The Hall–Kier alpha value is 0.160. The van der Waals surface area contributed by atoms with Crippen LogP contribution in [0.2, 0.25) is 0 Å². The van der Waals surface area contributed by atoms with Crippen LogP contribution < -0.4 is 11.5 Å². The molecule has 0 aliphatic carbocycles. The van der Waals surface area contributed by atoms with Gasteiger partial charge in [0.25, 0.3) is 0 Å². The highest BCUT2D eigenvalue weighted by Gasteiger charge is 2.13. The Bertz CT molecular complexity index is 140. The summed E-state index contributed by atoms with van der Waals surface area (Å²) in [5.41, 5.74) is 11.2. The molecule has 0 aromatic heterocycles. The smallest absolute Gasteiger partial charge is 0.129 e. The van der Waals surface area contributed by atoms with Gasteiger partial charge in [-0.15, -0.1) is 11.8 Å². The molecule has 0 amide bonds. The summed E-state index contributed by atoms with van der Waals surface area (Å²) in [6, 6.07) is 0. The maximum absolute atomic E-state index is 5.74. The first-order valence-corrected chi connectivity index (χ1v) is 5.55. The fourth-order valence-corrected chi connectivity index (χ4v) is 2.26. The summed E-state index contributed by atoms with van der Waals surface area (Å²) in [5.74, 6) is 1.95. The molecule has 0 bridgehead atoms. The first-order chi connectivity index (χ1) is 5.34. The topological polar surface area (TPSA) is 55.3 Å². The Kier molecular flexibility index (Phi) is 4.14. The van der Waals surface area contributed by atoms with Crippen LogP contribution in [0.1, 0.15) is 0 Å². The minimum atomic E-state index is 0.111. The molecule has 11 heavy (non-hydrogen) atoms. The Morgan fingerprint density at radius 3 is 3.00 bits per heavy atom. The molecule has 1 aliphatic heterocycles. The van der Waals surface area contributed by atoms with Crippen LogP contribution in [-0.4, -0.2) is 28.6 Å². The molecule has 0 saturated carbocycles. The van der Waals surface area contributed by atoms with Crippen molar-refractivity contribution in [3.05, 3.63) is 11.6 Å². The van der Waals surface area contributed by atoms with Crippen LogP contribution in [0, 0.1) is 0 Å². The fraction of sp³-hybridized carbons (Fsp3) is 0.667. The van der Waals surface area contributed by atoms with Gasteiger partial charge in [-0.1, -0.05) is 11.8 Å². The average molecular weight is 191 g/mol. The minimum absolute atomic E-state index is 0.111. The molecular weight excluding hydrogens is 178 g/mol. The van der Waals surface area contributed by atoms with Crippen molar-refractivity contribution in [2.24, 2.45) is 11.5 Å². The highest BCUT2D eigenvalue weighted by molar-refractivity contribution is 8.03. The van der Waals surface area contributed by atoms with Crippen LogP contribution in [0.15, 0.2) is 11.6 Å². The molecule has 3 nitrogen and oxygen atoms in total. The molecular formula is C6H13N3S2. The molecule has 0 spiro atoms. The largest absolute Gasteiger partial charge is 0.344 e. The lowest BCUT2D eigenvalue weighted by Gasteiger charge is -2.19. The molecule has 1 heterocycles. The van der Waals surface area contributed by atoms with Gasteiger partial charge in [0.1, 0.15) is 5.50 Å². The van der Waals surface area contributed by atoms with E-state index in [0.29, 0.717) is 0 Å². The third kappa shape index (κ3) is 2.94. The normalized spacial score (nSPS) is 23.1. The first-order valence-electron chi connectivity index (χ1n) is 3.46. The van der Waals surface area contributed by atoms with Gasteiger partial charge in [-0.2, -0.15) is 0 Å². The standard InChI is InChI=1S/C6H13N3S2/c7-1-3-10-5-9-2-4-11-6(9)8/h2,4,6H,1,3,5,7-8H2. The Balaban J connectivity index is 2.10. The van der Waals surface area contributed by atoms with Crippen molar-refractivity contribution in [1.29, 1.82) is 0 Å². The van der Waals surface area contributed by atoms with E-state index in [2.05, 4.69) is 4.90 Å². The van der Waals surface area contributed by atoms with Crippen molar-refractivity contribution in [2.45, 2.75) is 5.50 Å². The zero-order valence-corrected chi connectivity index (χ0v) is 7.90. The lowest BCUT2D eigenvalue weighted by Crippen LogP contribution is -2.32. The Labute approximate surface area is 75.6 Å². The quantitative estimate of drug-likeness (QED) is 0.630. The first kappa shape index (κ1) is 9.25. The van der Waals surface area contributed by atoms with Gasteiger partial charge in [-0.3, -0.25) is 0 Å². The predicted molar refractivity (Wildman–Crippen MR) is 52.9 cm³/mol. The molecule has 0 saturated heterocycles. The molecule has 1 aliphatic rings. The number of hydrogen-bond donors (Lipinski definition) is 2. The number of nitrogens with two attached hydrogens (primary N) is 2. The monoisotopic (exact) mass is 191 g/mol. The molecule has 5 heteroatoms. The van der Waals surface area contributed by atoms with E-state index < -0.39 is 0 Å². The summed E-state index contributed by atoms with van der Waals surface area (Å²) in [6.07, 6.45) is 2.03. The summed E-state index contributed by atoms with van der Waals surface area (Å²) < 4.78 is 0. The number of thioether (sulfide) groups is 2. The highest BCUT2D eigenvalue weighted by Crippen LogP contribution is 2.22. The van der Waals surface area contributed by atoms with E-state index in [4.69, 9.17) is 11.5 Å². The molecule has 1 atom stereocenters. The van der Waals surface area contributed by atoms with Crippen molar-refractivity contribution in [3.8, 4) is 0 Å². The average Bonchev–Trinajstić information content (AvgIpc) is 2.37. The molecule has 0 aromatic rings. The molecule has 1 rings (SSSR count). The summed E-state index contributed by atoms with van der Waals surface area (Å²) in [5, 5.41) is 2.02. The highest BCUT2D eigenvalue weighted by atomic mass is 32.2. The lowest BCUT2D eigenvalue weighted by atomic mass is 10.8. The molecule has 1 unspecified atom stereocenters. The number of hydrogen-bond acceptors (Lipinski definition) is 5. The van der Waals surface area contributed by atoms with Crippen LogP contribution in [0.25, 0.3) is 0 Å².